The summed E-state index contributed by atoms with van der Waals surface area (Å²) < 4.78 is 6.82. The maximum Gasteiger partial charge on any atom is 0.414 e. The minimum absolute atomic E-state index is 0.790. The van der Waals surface area contributed by atoms with Crippen molar-refractivity contribution in [1.29, 1.82) is 0 Å². The lowest BCUT2D eigenvalue weighted by atomic mass is 10.3. The molecule has 2 N–H and O–H groups in total. The molecule has 112 valence electrons. The van der Waals surface area contributed by atoms with Crippen molar-refractivity contribution < 1.29 is 24.5 Å². The molecule has 0 radical (unpaired) electrons. The molecule has 0 aromatic heterocycles. The Morgan fingerprint density at radius 2 is 1.65 bits per heavy atom. The highest BCUT2D eigenvalue weighted by atomic mass is 127. The summed E-state index contributed by atoms with van der Waals surface area (Å²) in [7, 11) is 4.15. The van der Waals surface area contributed by atoms with E-state index in [0.29, 0.717) is 0 Å². The number of nitrogens with zero attached hydrogens (tertiary/aromatic N) is 1. The molecule has 6 nitrogen and oxygen atoms in total. The minimum atomic E-state index is -1.82. The van der Waals surface area contributed by atoms with Crippen molar-refractivity contribution in [3.63, 3.8) is 0 Å². The van der Waals surface area contributed by atoms with Crippen molar-refractivity contribution in [3.8, 4) is 5.75 Å². The zero-order valence-electron chi connectivity index (χ0n) is 11.4. The van der Waals surface area contributed by atoms with Crippen LogP contribution in [0.1, 0.15) is 6.42 Å². The van der Waals surface area contributed by atoms with Crippen LogP contribution < -0.4 is 4.74 Å². The number of aliphatic carboxylic acids is 2. The molecule has 7 heteroatoms. The highest BCUT2D eigenvalue weighted by Crippen LogP contribution is 2.13. The molecule has 0 saturated heterocycles. The third-order valence-electron chi connectivity index (χ3n) is 2.01. The van der Waals surface area contributed by atoms with Crippen LogP contribution in [0.3, 0.4) is 0 Å². The molecule has 1 aromatic carbocycles. The van der Waals surface area contributed by atoms with Crippen LogP contribution in [0.5, 0.6) is 5.75 Å². The fourth-order valence-corrected chi connectivity index (χ4v) is 1.46. The third-order valence-corrected chi connectivity index (χ3v) is 2.73. The van der Waals surface area contributed by atoms with Gasteiger partial charge in [-0.2, -0.15) is 0 Å². The van der Waals surface area contributed by atoms with E-state index in [1.807, 2.05) is 12.1 Å². The number of rotatable bonds is 5. The summed E-state index contributed by atoms with van der Waals surface area (Å²) >= 11 is 2.29. The first-order valence-corrected chi connectivity index (χ1v) is 6.90. The summed E-state index contributed by atoms with van der Waals surface area (Å²) in [6.45, 7) is 1.86. The van der Waals surface area contributed by atoms with Crippen LogP contribution in [0.15, 0.2) is 24.3 Å². The second-order valence-corrected chi connectivity index (χ2v) is 5.32. The van der Waals surface area contributed by atoms with Gasteiger partial charge in [-0.3, -0.25) is 0 Å². The number of benzene rings is 1. The van der Waals surface area contributed by atoms with Gasteiger partial charge in [-0.25, -0.2) is 9.59 Å². The molecule has 0 unspecified atom stereocenters. The Bertz CT molecular complexity index is 407. The van der Waals surface area contributed by atoms with Gasteiger partial charge in [0.15, 0.2) is 0 Å². The van der Waals surface area contributed by atoms with Gasteiger partial charge < -0.3 is 19.8 Å². The molecule has 20 heavy (non-hydrogen) atoms. The van der Waals surface area contributed by atoms with Crippen molar-refractivity contribution in [2.24, 2.45) is 0 Å². The fraction of sp³-hybridized carbons (Fsp3) is 0.385. The molecule has 0 amide bonds. The van der Waals surface area contributed by atoms with E-state index < -0.39 is 11.9 Å². The van der Waals surface area contributed by atoms with Crippen LogP contribution in [0, 0.1) is 3.57 Å². The van der Waals surface area contributed by atoms with Gasteiger partial charge in [0.1, 0.15) is 5.75 Å². The van der Waals surface area contributed by atoms with Gasteiger partial charge in [-0.05, 0) is 67.4 Å². The lowest BCUT2D eigenvalue weighted by molar-refractivity contribution is -0.159. The van der Waals surface area contributed by atoms with Crippen LogP contribution in [-0.2, 0) is 9.59 Å². The van der Waals surface area contributed by atoms with Gasteiger partial charge >= 0.3 is 11.9 Å². The molecule has 0 bridgehead atoms. The Morgan fingerprint density at radius 3 is 2.05 bits per heavy atom. The maximum atomic E-state index is 9.10. The zero-order chi connectivity index (χ0) is 15.5. The normalized spacial score (nSPS) is 9.60. The van der Waals surface area contributed by atoms with Crippen LogP contribution in [-0.4, -0.2) is 54.3 Å². The summed E-state index contributed by atoms with van der Waals surface area (Å²) in [6.07, 6.45) is 1.07. The Labute approximate surface area is 131 Å². The predicted molar refractivity (Wildman–Crippen MR) is 83.1 cm³/mol. The van der Waals surface area contributed by atoms with Crippen LogP contribution in [0.25, 0.3) is 0 Å². The summed E-state index contributed by atoms with van der Waals surface area (Å²) in [4.78, 5) is 20.4. The van der Waals surface area contributed by atoms with Crippen LogP contribution in [0.4, 0.5) is 0 Å². The first-order valence-electron chi connectivity index (χ1n) is 5.82. The third kappa shape index (κ3) is 10.6. The number of carboxylic acid groups (broad SMARTS) is 2. The molecule has 0 aliphatic rings. The number of carbonyl (C=O) groups is 2. The number of hydrogen-bond donors (Lipinski definition) is 2. The average Bonchev–Trinajstić information content (AvgIpc) is 2.37. The second-order valence-electron chi connectivity index (χ2n) is 4.07. The molecule has 0 aliphatic heterocycles. The van der Waals surface area contributed by atoms with Crippen molar-refractivity contribution in [3.05, 3.63) is 27.8 Å². The van der Waals surface area contributed by atoms with E-state index in [4.69, 9.17) is 24.5 Å². The van der Waals surface area contributed by atoms with E-state index in [0.717, 1.165) is 25.3 Å². The van der Waals surface area contributed by atoms with Gasteiger partial charge in [0.05, 0.1) is 6.61 Å². The Hall–Kier alpha value is -1.35. The van der Waals surface area contributed by atoms with E-state index in [1.54, 1.807) is 0 Å². The number of carboxylic acids is 2. The van der Waals surface area contributed by atoms with Crippen molar-refractivity contribution in [2.45, 2.75) is 6.42 Å². The minimum Gasteiger partial charge on any atom is -0.494 e. The summed E-state index contributed by atoms with van der Waals surface area (Å²) in [6, 6.07) is 8.14. The fourth-order valence-electron chi connectivity index (χ4n) is 1.10. The molecular formula is C13H18INO5. The molecule has 1 aromatic rings. The standard InChI is InChI=1S/C11H16INO.C2H2O4/c1-13(2)8-3-9-14-11-6-4-10(12)5-7-11;3-1(4)2(5)6/h4-7H,3,8-9H2,1-2H3;(H,3,4)(H,5,6). The molecule has 0 atom stereocenters. The molecule has 0 saturated carbocycles. The quantitative estimate of drug-likeness (QED) is 0.449. The molecule has 0 aliphatic carbocycles. The van der Waals surface area contributed by atoms with Crippen molar-refractivity contribution in [2.75, 3.05) is 27.2 Å². The molecule has 1 rings (SSSR count). The molecule has 0 heterocycles. The van der Waals surface area contributed by atoms with E-state index in [2.05, 4.69) is 53.7 Å². The number of halogens is 1. The summed E-state index contributed by atoms with van der Waals surface area (Å²) in [5, 5.41) is 14.8. The summed E-state index contributed by atoms with van der Waals surface area (Å²) in [5.41, 5.74) is 0. The van der Waals surface area contributed by atoms with Gasteiger partial charge in [0.25, 0.3) is 0 Å². The topological polar surface area (TPSA) is 87.1 Å². The maximum absolute atomic E-state index is 9.10. The first-order chi connectivity index (χ1) is 9.32. The Balaban J connectivity index is 0.000000511. The molecule has 0 fully saturated rings. The SMILES string of the molecule is CN(C)CCCOc1ccc(I)cc1.O=C(O)C(=O)O. The number of ether oxygens (including phenoxy) is 1. The van der Waals surface area contributed by atoms with E-state index in [9.17, 15) is 0 Å². The van der Waals surface area contributed by atoms with E-state index >= 15 is 0 Å². The largest absolute Gasteiger partial charge is 0.494 e. The van der Waals surface area contributed by atoms with Gasteiger partial charge in [0.2, 0.25) is 0 Å². The smallest absolute Gasteiger partial charge is 0.414 e. The van der Waals surface area contributed by atoms with Crippen molar-refractivity contribution in [1.82, 2.24) is 4.90 Å². The van der Waals surface area contributed by atoms with E-state index in [-0.39, 0.29) is 0 Å². The monoisotopic (exact) mass is 395 g/mol. The lowest BCUT2D eigenvalue weighted by Crippen LogP contribution is -2.15. The Kier molecular flexibility index (Phi) is 9.73. The number of hydrogen-bond acceptors (Lipinski definition) is 4. The van der Waals surface area contributed by atoms with Gasteiger partial charge in [0, 0.05) is 10.1 Å². The van der Waals surface area contributed by atoms with E-state index in [1.165, 1.54) is 3.57 Å². The average molecular weight is 395 g/mol. The predicted octanol–water partition coefficient (Wildman–Crippen LogP) is 1.78. The highest BCUT2D eigenvalue weighted by molar-refractivity contribution is 14.1. The first kappa shape index (κ1) is 18.7. The summed E-state index contributed by atoms with van der Waals surface area (Å²) in [5.74, 6) is -2.69. The Morgan fingerprint density at radius 1 is 1.15 bits per heavy atom. The lowest BCUT2D eigenvalue weighted by Gasteiger charge is -2.10. The van der Waals surface area contributed by atoms with Crippen LogP contribution in [0.2, 0.25) is 0 Å². The zero-order valence-corrected chi connectivity index (χ0v) is 13.5. The molecule has 0 spiro atoms. The van der Waals surface area contributed by atoms with Gasteiger partial charge in [-0.15, -0.1) is 0 Å². The van der Waals surface area contributed by atoms with Gasteiger partial charge in [-0.1, -0.05) is 0 Å². The second kappa shape index (κ2) is 10.4. The highest BCUT2D eigenvalue weighted by Gasteiger charge is 2.04. The molecular weight excluding hydrogens is 377 g/mol. The van der Waals surface area contributed by atoms with Crippen LogP contribution >= 0.6 is 22.6 Å². The van der Waals surface area contributed by atoms with Crippen molar-refractivity contribution >= 4 is 34.5 Å².